The van der Waals surface area contributed by atoms with Crippen molar-refractivity contribution < 1.29 is 9.90 Å². The van der Waals surface area contributed by atoms with Crippen LogP contribution in [0.3, 0.4) is 0 Å². The molecule has 0 fully saturated rings. The van der Waals surface area contributed by atoms with E-state index in [1.807, 2.05) is 31.4 Å². The zero-order valence-corrected chi connectivity index (χ0v) is 8.52. The van der Waals surface area contributed by atoms with Crippen LogP contribution in [0.5, 0.6) is 0 Å². The highest BCUT2D eigenvalue weighted by Gasteiger charge is 2.03. The normalized spacial score (nSPS) is 10.0. The van der Waals surface area contributed by atoms with Crippen LogP contribution in [0.15, 0.2) is 23.1 Å². The molecule has 0 saturated heterocycles. The van der Waals surface area contributed by atoms with Crippen molar-refractivity contribution in [1.29, 1.82) is 0 Å². The third kappa shape index (κ3) is 2.77. The maximum Gasteiger partial charge on any atom is 0.307 e. The molecule has 0 aliphatic rings. The van der Waals surface area contributed by atoms with Crippen LogP contribution in [0.25, 0.3) is 0 Å². The zero-order valence-electron chi connectivity index (χ0n) is 7.70. The Bertz CT molecular complexity index is 321. The van der Waals surface area contributed by atoms with Gasteiger partial charge in [0, 0.05) is 4.90 Å². The van der Waals surface area contributed by atoms with Crippen molar-refractivity contribution in [3.05, 3.63) is 29.3 Å². The smallest absolute Gasteiger partial charge is 0.307 e. The Morgan fingerprint density at radius 2 is 2.23 bits per heavy atom. The van der Waals surface area contributed by atoms with Crippen LogP contribution in [-0.4, -0.2) is 17.3 Å². The van der Waals surface area contributed by atoms with Crippen molar-refractivity contribution in [2.75, 3.05) is 6.26 Å². The summed E-state index contributed by atoms with van der Waals surface area (Å²) < 4.78 is 0. The van der Waals surface area contributed by atoms with Crippen LogP contribution in [0.1, 0.15) is 11.1 Å². The Labute approximate surface area is 82.0 Å². The predicted octanol–water partition coefficient (Wildman–Crippen LogP) is 2.34. The molecule has 0 atom stereocenters. The number of thioether (sulfide) groups is 1. The van der Waals surface area contributed by atoms with Crippen molar-refractivity contribution in [2.24, 2.45) is 0 Å². The molecule has 0 aliphatic carbocycles. The minimum Gasteiger partial charge on any atom is -0.481 e. The topological polar surface area (TPSA) is 37.3 Å². The molecule has 0 heterocycles. The molecule has 1 N–H and O–H groups in total. The summed E-state index contributed by atoms with van der Waals surface area (Å²) in [6.45, 7) is 1.94. The molecule has 1 rings (SSSR count). The predicted molar refractivity (Wildman–Crippen MR) is 54.3 cm³/mol. The zero-order chi connectivity index (χ0) is 9.84. The van der Waals surface area contributed by atoms with Crippen LogP contribution in [-0.2, 0) is 11.2 Å². The van der Waals surface area contributed by atoms with Crippen molar-refractivity contribution in [2.45, 2.75) is 18.2 Å². The molecule has 0 spiro atoms. The summed E-state index contributed by atoms with van der Waals surface area (Å²) in [6.07, 6.45) is 2.12. The van der Waals surface area contributed by atoms with Gasteiger partial charge in [0.2, 0.25) is 0 Å². The summed E-state index contributed by atoms with van der Waals surface area (Å²) in [4.78, 5) is 11.6. The van der Waals surface area contributed by atoms with Gasteiger partial charge in [-0.25, -0.2) is 0 Å². The number of hydrogen-bond donors (Lipinski definition) is 1. The van der Waals surface area contributed by atoms with E-state index in [9.17, 15) is 4.79 Å². The van der Waals surface area contributed by atoms with Crippen molar-refractivity contribution in [1.82, 2.24) is 0 Å². The quantitative estimate of drug-likeness (QED) is 0.754. The standard InChI is InChI=1S/C10H12O2S/c1-7-5-9(13-2)4-3-8(7)6-10(11)12/h3-5H,6H2,1-2H3,(H,11,12). The van der Waals surface area contributed by atoms with Crippen LogP contribution >= 0.6 is 11.8 Å². The highest BCUT2D eigenvalue weighted by atomic mass is 32.2. The number of carboxylic acid groups (broad SMARTS) is 1. The molecule has 0 saturated carbocycles. The molecule has 0 aromatic heterocycles. The van der Waals surface area contributed by atoms with E-state index in [0.29, 0.717) is 0 Å². The average Bonchev–Trinajstić information content (AvgIpc) is 2.08. The van der Waals surface area contributed by atoms with Crippen LogP contribution in [0.2, 0.25) is 0 Å². The molecule has 70 valence electrons. The van der Waals surface area contributed by atoms with Crippen LogP contribution in [0.4, 0.5) is 0 Å². The molecule has 1 aromatic carbocycles. The van der Waals surface area contributed by atoms with E-state index in [1.165, 1.54) is 4.90 Å². The maximum atomic E-state index is 10.5. The average molecular weight is 196 g/mol. The third-order valence-corrected chi connectivity index (χ3v) is 2.62. The van der Waals surface area contributed by atoms with E-state index in [-0.39, 0.29) is 6.42 Å². The Morgan fingerprint density at radius 1 is 1.54 bits per heavy atom. The molecule has 0 aliphatic heterocycles. The summed E-state index contributed by atoms with van der Waals surface area (Å²) in [7, 11) is 0. The highest BCUT2D eigenvalue weighted by molar-refractivity contribution is 7.98. The summed E-state index contributed by atoms with van der Waals surface area (Å²) in [5.74, 6) is -0.778. The third-order valence-electron chi connectivity index (χ3n) is 1.89. The number of benzene rings is 1. The van der Waals surface area contributed by atoms with E-state index in [4.69, 9.17) is 5.11 Å². The molecule has 1 aromatic rings. The van der Waals surface area contributed by atoms with E-state index >= 15 is 0 Å². The number of aliphatic carboxylic acids is 1. The van der Waals surface area contributed by atoms with E-state index < -0.39 is 5.97 Å². The summed E-state index contributed by atoms with van der Waals surface area (Å²) in [5, 5.41) is 8.61. The second kappa shape index (κ2) is 4.33. The minimum atomic E-state index is -0.778. The number of carboxylic acids is 1. The molecule has 2 nitrogen and oxygen atoms in total. The first kappa shape index (κ1) is 10.1. The highest BCUT2D eigenvalue weighted by Crippen LogP contribution is 2.19. The second-order valence-corrected chi connectivity index (χ2v) is 3.74. The van der Waals surface area contributed by atoms with Gasteiger partial charge in [-0.15, -0.1) is 11.8 Å². The molecule has 3 heteroatoms. The van der Waals surface area contributed by atoms with Gasteiger partial charge in [-0.3, -0.25) is 4.79 Å². The van der Waals surface area contributed by atoms with Crippen LogP contribution in [0, 0.1) is 6.92 Å². The second-order valence-electron chi connectivity index (χ2n) is 2.86. The minimum absolute atomic E-state index is 0.112. The van der Waals surface area contributed by atoms with Gasteiger partial charge >= 0.3 is 5.97 Å². The van der Waals surface area contributed by atoms with Gasteiger partial charge in [0.15, 0.2) is 0 Å². The van der Waals surface area contributed by atoms with E-state index in [0.717, 1.165) is 11.1 Å². The number of carbonyl (C=O) groups is 1. The fraction of sp³-hybridized carbons (Fsp3) is 0.300. The lowest BCUT2D eigenvalue weighted by molar-refractivity contribution is -0.136. The maximum absolute atomic E-state index is 10.5. The largest absolute Gasteiger partial charge is 0.481 e. The van der Waals surface area contributed by atoms with Crippen LogP contribution < -0.4 is 0 Å². The first-order valence-corrected chi connectivity index (χ1v) is 5.21. The molecule has 0 amide bonds. The molecule has 0 bridgehead atoms. The Morgan fingerprint density at radius 3 is 2.69 bits per heavy atom. The molecular formula is C10H12O2S. The van der Waals surface area contributed by atoms with Crippen molar-refractivity contribution in [3.8, 4) is 0 Å². The first-order valence-electron chi connectivity index (χ1n) is 3.99. The molecule has 0 radical (unpaired) electrons. The lowest BCUT2D eigenvalue weighted by Gasteiger charge is -2.04. The molecular weight excluding hydrogens is 184 g/mol. The first-order chi connectivity index (χ1) is 6.13. The fourth-order valence-electron chi connectivity index (χ4n) is 1.16. The SMILES string of the molecule is CSc1ccc(CC(=O)O)c(C)c1. The van der Waals surface area contributed by atoms with Crippen molar-refractivity contribution >= 4 is 17.7 Å². The van der Waals surface area contributed by atoms with Gasteiger partial charge in [0.05, 0.1) is 6.42 Å². The number of aryl methyl sites for hydroxylation is 1. The number of rotatable bonds is 3. The molecule has 0 unspecified atom stereocenters. The Hall–Kier alpha value is -0.960. The summed E-state index contributed by atoms with van der Waals surface area (Å²) >= 11 is 1.66. The van der Waals surface area contributed by atoms with Gasteiger partial charge in [-0.05, 0) is 36.4 Å². The monoisotopic (exact) mass is 196 g/mol. The fourth-order valence-corrected chi connectivity index (χ4v) is 1.66. The Balaban J connectivity index is 2.91. The summed E-state index contributed by atoms with van der Waals surface area (Å²) in [5.41, 5.74) is 1.94. The van der Waals surface area contributed by atoms with Gasteiger partial charge in [-0.1, -0.05) is 6.07 Å². The van der Waals surface area contributed by atoms with Crippen molar-refractivity contribution in [3.63, 3.8) is 0 Å². The van der Waals surface area contributed by atoms with Gasteiger partial charge in [-0.2, -0.15) is 0 Å². The van der Waals surface area contributed by atoms with E-state index in [1.54, 1.807) is 11.8 Å². The summed E-state index contributed by atoms with van der Waals surface area (Å²) in [6, 6.07) is 5.86. The van der Waals surface area contributed by atoms with Gasteiger partial charge in [0.1, 0.15) is 0 Å². The van der Waals surface area contributed by atoms with E-state index in [2.05, 4.69) is 0 Å². The Kier molecular flexibility index (Phi) is 3.37. The van der Waals surface area contributed by atoms with Gasteiger partial charge in [0.25, 0.3) is 0 Å². The lowest BCUT2D eigenvalue weighted by atomic mass is 10.1. The number of hydrogen-bond acceptors (Lipinski definition) is 2. The lowest BCUT2D eigenvalue weighted by Crippen LogP contribution is -2.01. The van der Waals surface area contributed by atoms with Gasteiger partial charge < -0.3 is 5.11 Å². The molecule has 13 heavy (non-hydrogen) atoms.